The number of hydrogen-bond acceptors (Lipinski definition) is 4. The van der Waals surface area contributed by atoms with Crippen molar-refractivity contribution in [2.75, 3.05) is 17.6 Å². The third kappa shape index (κ3) is 4.23. The maximum Gasteiger partial charge on any atom is 0.143 e. The van der Waals surface area contributed by atoms with Crippen LogP contribution in [0.3, 0.4) is 0 Å². The SMILES string of the molecule is CCCNc1nc(CSCC)nc(C2CCCC2)c1I. The van der Waals surface area contributed by atoms with Crippen LogP contribution < -0.4 is 5.32 Å². The number of anilines is 1. The number of aromatic nitrogens is 2. The molecule has 1 aliphatic carbocycles. The number of nitrogens with zero attached hydrogens (tertiary/aromatic N) is 2. The highest BCUT2D eigenvalue weighted by molar-refractivity contribution is 14.1. The molecule has 0 amide bonds. The van der Waals surface area contributed by atoms with E-state index in [-0.39, 0.29) is 0 Å². The molecular formula is C15H24IN3S. The van der Waals surface area contributed by atoms with E-state index in [0.29, 0.717) is 5.92 Å². The molecule has 0 aliphatic heterocycles. The number of hydrogen-bond donors (Lipinski definition) is 1. The van der Waals surface area contributed by atoms with Crippen LogP contribution in [0.5, 0.6) is 0 Å². The van der Waals surface area contributed by atoms with Gasteiger partial charge in [0.2, 0.25) is 0 Å². The normalized spacial score (nSPS) is 15.8. The number of rotatable bonds is 7. The second-order valence-electron chi connectivity index (χ2n) is 5.23. The summed E-state index contributed by atoms with van der Waals surface area (Å²) < 4.78 is 1.24. The largest absolute Gasteiger partial charge is 0.369 e. The molecule has 5 heteroatoms. The number of thioether (sulfide) groups is 1. The van der Waals surface area contributed by atoms with Gasteiger partial charge < -0.3 is 5.32 Å². The van der Waals surface area contributed by atoms with E-state index in [0.717, 1.165) is 36.1 Å². The molecule has 0 bridgehead atoms. The summed E-state index contributed by atoms with van der Waals surface area (Å²) >= 11 is 4.33. The first kappa shape index (κ1) is 16.3. The van der Waals surface area contributed by atoms with Crippen LogP contribution in [0.4, 0.5) is 5.82 Å². The van der Waals surface area contributed by atoms with Crippen LogP contribution in [0.1, 0.15) is 63.4 Å². The molecule has 1 aromatic heterocycles. The Bertz CT molecular complexity index is 433. The molecule has 1 N–H and O–H groups in total. The van der Waals surface area contributed by atoms with Crippen molar-refractivity contribution in [2.45, 2.75) is 57.6 Å². The van der Waals surface area contributed by atoms with Gasteiger partial charge in [-0.25, -0.2) is 9.97 Å². The van der Waals surface area contributed by atoms with Crippen molar-refractivity contribution in [1.82, 2.24) is 9.97 Å². The lowest BCUT2D eigenvalue weighted by Crippen LogP contribution is -2.12. The molecule has 1 aromatic rings. The monoisotopic (exact) mass is 405 g/mol. The van der Waals surface area contributed by atoms with Crippen LogP contribution in [0.25, 0.3) is 0 Å². The number of halogens is 1. The lowest BCUT2D eigenvalue weighted by Gasteiger charge is -2.16. The summed E-state index contributed by atoms with van der Waals surface area (Å²) in [7, 11) is 0. The molecule has 0 aromatic carbocycles. The van der Waals surface area contributed by atoms with Gasteiger partial charge in [0.05, 0.1) is 15.0 Å². The average Bonchev–Trinajstić information content (AvgIpc) is 2.98. The van der Waals surface area contributed by atoms with Crippen molar-refractivity contribution in [3.8, 4) is 0 Å². The van der Waals surface area contributed by atoms with Crippen molar-refractivity contribution >= 4 is 40.2 Å². The zero-order chi connectivity index (χ0) is 14.4. The Balaban J connectivity index is 2.26. The van der Waals surface area contributed by atoms with E-state index in [1.54, 1.807) is 0 Å². The van der Waals surface area contributed by atoms with E-state index >= 15 is 0 Å². The first-order valence-corrected chi connectivity index (χ1v) is 9.87. The van der Waals surface area contributed by atoms with Crippen LogP contribution in [0, 0.1) is 3.57 Å². The van der Waals surface area contributed by atoms with Crippen LogP contribution >= 0.6 is 34.4 Å². The molecule has 0 atom stereocenters. The predicted molar refractivity (Wildman–Crippen MR) is 96.6 cm³/mol. The Morgan fingerprint density at radius 1 is 1.25 bits per heavy atom. The fourth-order valence-corrected chi connectivity index (χ4v) is 3.99. The Morgan fingerprint density at radius 2 is 2.00 bits per heavy atom. The van der Waals surface area contributed by atoms with Gasteiger partial charge in [-0.1, -0.05) is 26.7 Å². The first-order valence-electron chi connectivity index (χ1n) is 7.64. The molecule has 0 spiro atoms. The van der Waals surface area contributed by atoms with Crippen LogP contribution in [-0.4, -0.2) is 22.3 Å². The summed E-state index contributed by atoms with van der Waals surface area (Å²) in [4.78, 5) is 9.61. The second kappa shape index (κ2) is 8.41. The van der Waals surface area contributed by atoms with Gasteiger partial charge in [-0.15, -0.1) is 0 Å². The van der Waals surface area contributed by atoms with Gasteiger partial charge >= 0.3 is 0 Å². The third-order valence-corrected chi connectivity index (χ3v) is 5.58. The molecule has 112 valence electrons. The van der Waals surface area contributed by atoms with Gasteiger partial charge in [-0.3, -0.25) is 0 Å². The molecule has 2 rings (SSSR count). The minimum absolute atomic E-state index is 0.650. The highest BCUT2D eigenvalue weighted by Crippen LogP contribution is 2.37. The summed E-state index contributed by atoms with van der Waals surface area (Å²) in [6.45, 7) is 5.36. The van der Waals surface area contributed by atoms with Crippen molar-refractivity contribution in [2.24, 2.45) is 0 Å². The van der Waals surface area contributed by atoms with Gasteiger partial charge in [0.1, 0.15) is 11.6 Å². The zero-order valence-corrected chi connectivity index (χ0v) is 15.4. The van der Waals surface area contributed by atoms with Crippen LogP contribution in [0.15, 0.2) is 0 Å². The summed E-state index contributed by atoms with van der Waals surface area (Å²) in [6, 6.07) is 0. The fraction of sp³-hybridized carbons (Fsp3) is 0.733. The zero-order valence-electron chi connectivity index (χ0n) is 12.4. The molecular weight excluding hydrogens is 381 g/mol. The molecule has 0 radical (unpaired) electrons. The van der Waals surface area contributed by atoms with Gasteiger partial charge in [0.25, 0.3) is 0 Å². The summed E-state index contributed by atoms with van der Waals surface area (Å²) in [6.07, 6.45) is 6.40. The van der Waals surface area contributed by atoms with Crippen molar-refractivity contribution < 1.29 is 0 Å². The van der Waals surface area contributed by atoms with Crippen molar-refractivity contribution in [3.63, 3.8) is 0 Å². The van der Waals surface area contributed by atoms with E-state index < -0.39 is 0 Å². The van der Waals surface area contributed by atoms with E-state index in [1.165, 1.54) is 34.9 Å². The lowest BCUT2D eigenvalue weighted by atomic mass is 10.0. The molecule has 1 saturated carbocycles. The van der Waals surface area contributed by atoms with Gasteiger partial charge in [0.15, 0.2) is 0 Å². The van der Waals surface area contributed by atoms with Crippen LogP contribution in [-0.2, 0) is 5.75 Å². The van der Waals surface area contributed by atoms with Gasteiger partial charge in [-0.05, 0) is 47.6 Å². The van der Waals surface area contributed by atoms with Gasteiger partial charge in [-0.2, -0.15) is 11.8 Å². The standard InChI is InChI=1S/C15H24IN3S/c1-3-9-17-15-13(16)14(11-7-5-6-8-11)18-12(19-15)10-20-4-2/h11H,3-10H2,1-2H3,(H,17,18,19). The maximum atomic E-state index is 4.88. The number of nitrogens with one attached hydrogen (secondary N) is 1. The first-order chi connectivity index (χ1) is 9.76. The van der Waals surface area contributed by atoms with E-state index in [4.69, 9.17) is 9.97 Å². The van der Waals surface area contributed by atoms with Crippen LogP contribution in [0.2, 0.25) is 0 Å². The lowest BCUT2D eigenvalue weighted by molar-refractivity contribution is 0.683. The summed E-state index contributed by atoms with van der Waals surface area (Å²) in [5.74, 6) is 4.74. The Hall–Kier alpha value is -0.0400. The average molecular weight is 405 g/mol. The smallest absolute Gasteiger partial charge is 0.143 e. The highest BCUT2D eigenvalue weighted by Gasteiger charge is 2.23. The Labute approximate surface area is 140 Å². The molecule has 1 heterocycles. The molecule has 0 unspecified atom stereocenters. The fourth-order valence-electron chi connectivity index (χ4n) is 2.60. The molecule has 1 aliphatic rings. The van der Waals surface area contributed by atoms with E-state index in [1.807, 2.05) is 11.8 Å². The maximum absolute atomic E-state index is 4.88. The minimum Gasteiger partial charge on any atom is -0.369 e. The molecule has 3 nitrogen and oxygen atoms in total. The second-order valence-corrected chi connectivity index (χ2v) is 7.59. The Morgan fingerprint density at radius 3 is 2.65 bits per heavy atom. The molecule has 20 heavy (non-hydrogen) atoms. The quantitative estimate of drug-likeness (QED) is 0.661. The topological polar surface area (TPSA) is 37.8 Å². The summed E-state index contributed by atoms with van der Waals surface area (Å²) in [5, 5.41) is 3.48. The summed E-state index contributed by atoms with van der Waals surface area (Å²) in [5.41, 5.74) is 1.29. The third-order valence-electron chi connectivity index (χ3n) is 3.64. The molecule has 1 fully saturated rings. The van der Waals surface area contributed by atoms with Crippen molar-refractivity contribution in [3.05, 3.63) is 15.1 Å². The van der Waals surface area contributed by atoms with E-state index in [2.05, 4.69) is 41.8 Å². The van der Waals surface area contributed by atoms with E-state index in [9.17, 15) is 0 Å². The molecule has 0 saturated heterocycles. The highest BCUT2D eigenvalue weighted by atomic mass is 127. The van der Waals surface area contributed by atoms with Gasteiger partial charge in [0, 0.05) is 12.5 Å². The minimum atomic E-state index is 0.650. The predicted octanol–water partition coefficient (Wildman–Crippen LogP) is 4.81. The Kier molecular flexibility index (Phi) is 6.87. The van der Waals surface area contributed by atoms with Crippen molar-refractivity contribution in [1.29, 1.82) is 0 Å².